The maximum atomic E-state index is 3.14. The van der Waals surface area contributed by atoms with Crippen LogP contribution in [-0.2, 0) is 6.42 Å². The molecule has 1 N–H and O–H groups in total. The zero-order valence-corrected chi connectivity index (χ0v) is 12.0. The first-order valence-corrected chi connectivity index (χ1v) is 6.74. The number of rotatable bonds is 5. The molecule has 0 aliphatic heterocycles. The first-order valence-electron chi connectivity index (χ1n) is 6.74. The SMILES string of the molecule is CNc1ccc(N(C)CCc2ccccc2C)cc1. The fourth-order valence-corrected chi connectivity index (χ4v) is 2.19. The van der Waals surface area contributed by atoms with Gasteiger partial charge in [0.25, 0.3) is 0 Å². The molecule has 0 unspecified atom stereocenters. The predicted molar refractivity (Wildman–Crippen MR) is 84.1 cm³/mol. The molecular formula is C17H22N2. The molecule has 2 aromatic rings. The Kier molecular flexibility index (Phi) is 4.45. The lowest BCUT2D eigenvalue weighted by Crippen LogP contribution is -2.20. The van der Waals surface area contributed by atoms with Crippen LogP contribution < -0.4 is 10.2 Å². The molecule has 0 fully saturated rings. The number of hydrogen-bond donors (Lipinski definition) is 1. The van der Waals surface area contributed by atoms with E-state index in [1.165, 1.54) is 16.8 Å². The number of hydrogen-bond acceptors (Lipinski definition) is 2. The normalized spacial score (nSPS) is 10.3. The highest BCUT2D eigenvalue weighted by atomic mass is 15.1. The van der Waals surface area contributed by atoms with Gasteiger partial charge in [-0.15, -0.1) is 0 Å². The van der Waals surface area contributed by atoms with Gasteiger partial charge in [0.2, 0.25) is 0 Å². The van der Waals surface area contributed by atoms with Crippen molar-refractivity contribution in [2.24, 2.45) is 0 Å². The third-order valence-corrected chi connectivity index (χ3v) is 3.57. The van der Waals surface area contributed by atoms with Gasteiger partial charge in [0.05, 0.1) is 0 Å². The van der Waals surface area contributed by atoms with Crippen LogP contribution in [0.15, 0.2) is 48.5 Å². The van der Waals surface area contributed by atoms with Crippen LogP contribution in [0.1, 0.15) is 11.1 Å². The van der Waals surface area contributed by atoms with Crippen molar-refractivity contribution in [1.82, 2.24) is 0 Å². The van der Waals surface area contributed by atoms with Crippen LogP contribution in [0.4, 0.5) is 11.4 Å². The Morgan fingerprint density at radius 1 is 1.00 bits per heavy atom. The molecule has 0 bridgehead atoms. The van der Waals surface area contributed by atoms with Crippen LogP contribution in [0.3, 0.4) is 0 Å². The van der Waals surface area contributed by atoms with Crippen molar-refractivity contribution in [2.75, 3.05) is 30.9 Å². The average Bonchev–Trinajstić information content (AvgIpc) is 2.46. The van der Waals surface area contributed by atoms with Gasteiger partial charge in [-0.05, 0) is 48.7 Å². The van der Waals surface area contributed by atoms with E-state index in [1.54, 1.807) is 0 Å². The van der Waals surface area contributed by atoms with Gasteiger partial charge in [-0.1, -0.05) is 24.3 Å². The first kappa shape index (κ1) is 13.5. The fourth-order valence-electron chi connectivity index (χ4n) is 2.19. The van der Waals surface area contributed by atoms with E-state index in [-0.39, 0.29) is 0 Å². The van der Waals surface area contributed by atoms with Crippen molar-refractivity contribution in [3.05, 3.63) is 59.7 Å². The monoisotopic (exact) mass is 254 g/mol. The number of anilines is 2. The maximum Gasteiger partial charge on any atom is 0.0365 e. The quantitative estimate of drug-likeness (QED) is 0.875. The Morgan fingerprint density at radius 2 is 1.68 bits per heavy atom. The van der Waals surface area contributed by atoms with Gasteiger partial charge < -0.3 is 10.2 Å². The van der Waals surface area contributed by atoms with Gasteiger partial charge in [0, 0.05) is 32.0 Å². The highest BCUT2D eigenvalue weighted by Gasteiger charge is 2.03. The molecule has 0 atom stereocenters. The Morgan fingerprint density at radius 3 is 2.32 bits per heavy atom. The lowest BCUT2D eigenvalue weighted by atomic mass is 10.1. The van der Waals surface area contributed by atoms with Gasteiger partial charge in [-0.2, -0.15) is 0 Å². The molecular weight excluding hydrogens is 232 g/mol. The number of likely N-dealkylation sites (N-methyl/N-ethyl adjacent to an activating group) is 1. The number of nitrogens with zero attached hydrogens (tertiary/aromatic N) is 1. The van der Waals surface area contributed by atoms with Crippen LogP contribution in [0.25, 0.3) is 0 Å². The molecule has 0 saturated carbocycles. The van der Waals surface area contributed by atoms with Gasteiger partial charge in [-0.25, -0.2) is 0 Å². The second kappa shape index (κ2) is 6.28. The summed E-state index contributed by atoms with van der Waals surface area (Å²) < 4.78 is 0. The van der Waals surface area contributed by atoms with Crippen LogP contribution in [0.5, 0.6) is 0 Å². The van der Waals surface area contributed by atoms with Gasteiger partial charge in [0.15, 0.2) is 0 Å². The number of aryl methyl sites for hydroxylation is 1. The van der Waals surface area contributed by atoms with Crippen molar-refractivity contribution in [2.45, 2.75) is 13.3 Å². The fraction of sp³-hybridized carbons (Fsp3) is 0.294. The molecule has 0 spiro atoms. The highest BCUT2D eigenvalue weighted by molar-refractivity contribution is 5.54. The van der Waals surface area contributed by atoms with E-state index in [4.69, 9.17) is 0 Å². The van der Waals surface area contributed by atoms with E-state index in [0.717, 1.165) is 18.7 Å². The maximum absolute atomic E-state index is 3.14. The Hall–Kier alpha value is -1.96. The van der Waals surface area contributed by atoms with Crippen molar-refractivity contribution < 1.29 is 0 Å². The molecule has 2 aromatic carbocycles. The molecule has 100 valence electrons. The second-order valence-corrected chi connectivity index (χ2v) is 4.89. The zero-order chi connectivity index (χ0) is 13.7. The molecule has 0 aliphatic rings. The largest absolute Gasteiger partial charge is 0.388 e. The molecule has 0 aromatic heterocycles. The molecule has 0 aliphatic carbocycles. The first-order chi connectivity index (χ1) is 9.20. The van der Waals surface area contributed by atoms with Gasteiger partial charge >= 0.3 is 0 Å². The van der Waals surface area contributed by atoms with Gasteiger partial charge in [-0.3, -0.25) is 0 Å². The van der Waals surface area contributed by atoms with Crippen molar-refractivity contribution >= 4 is 11.4 Å². The summed E-state index contributed by atoms with van der Waals surface area (Å²) in [6.07, 6.45) is 1.08. The zero-order valence-electron chi connectivity index (χ0n) is 12.0. The Labute approximate surface area is 116 Å². The highest BCUT2D eigenvalue weighted by Crippen LogP contribution is 2.17. The Balaban J connectivity index is 1.97. The van der Waals surface area contributed by atoms with E-state index < -0.39 is 0 Å². The summed E-state index contributed by atoms with van der Waals surface area (Å²) in [5.41, 5.74) is 5.21. The minimum Gasteiger partial charge on any atom is -0.388 e. The summed E-state index contributed by atoms with van der Waals surface area (Å²) in [6.45, 7) is 3.21. The molecule has 0 amide bonds. The summed E-state index contributed by atoms with van der Waals surface area (Å²) in [6, 6.07) is 17.1. The third kappa shape index (κ3) is 3.50. The van der Waals surface area contributed by atoms with E-state index in [9.17, 15) is 0 Å². The van der Waals surface area contributed by atoms with E-state index >= 15 is 0 Å². The summed E-state index contributed by atoms with van der Waals surface area (Å²) in [5, 5.41) is 3.14. The van der Waals surface area contributed by atoms with Crippen LogP contribution in [0, 0.1) is 6.92 Å². The van der Waals surface area contributed by atoms with Crippen molar-refractivity contribution in [3.63, 3.8) is 0 Å². The third-order valence-electron chi connectivity index (χ3n) is 3.57. The summed E-state index contributed by atoms with van der Waals surface area (Å²) in [7, 11) is 4.09. The summed E-state index contributed by atoms with van der Waals surface area (Å²) in [5.74, 6) is 0. The van der Waals surface area contributed by atoms with E-state index in [0.29, 0.717) is 0 Å². The molecule has 2 heteroatoms. The predicted octanol–water partition coefficient (Wildman–Crippen LogP) is 3.72. The summed E-state index contributed by atoms with van der Waals surface area (Å²) in [4.78, 5) is 2.30. The lowest BCUT2D eigenvalue weighted by molar-refractivity contribution is 0.872. The topological polar surface area (TPSA) is 15.3 Å². The Bertz CT molecular complexity index is 517. The van der Waals surface area contributed by atoms with Crippen LogP contribution in [-0.4, -0.2) is 20.6 Å². The number of nitrogens with one attached hydrogen (secondary N) is 1. The summed E-state index contributed by atoms with van der Waals surface area (Å²) >= 11 is 0. The van der Waals surface area contributed by atoms with Crippen molar-refractivity contribution in [1.29, 1.82) is 0 Å². The minimum atomic E-state index is 1.03. The molecule has 2 nitrogen and oxygen atoms in total. The minimum absolute atomic E-state index is 1.03. The second-order valence-electron chi connectivity index (χ2n) is 4.89. The molecule has 0 saturated heterocycles. The van der Waals surface area contributed by atoms with Crippen LogP contribution in [0.2, 0.25) is 0 Å². The smallest absolute Gasteiger partial charge is 0.0365 e. The van der Waals surface area contributed by atoms with Gasteiger partial charge in [0.1, 0.15) is 0 Å². The van der Waals surface area contributed by atoms with Crippen molar-refractivity contribution in [3.8, 4) is 0 Å². The lowest BCUT2D eigenvalue weighted by Gasteiger charge is -2.20. The van der Waals surface area contributed by atoms with E-state index in [2.05, 4.69) is 72.7 Å². The molecule has 2 rings (SSSR count). The van der Waals surface area contributed by atoms with E-state index in [1.807, 2.05) is 7.05 Å². The molecule has 0 radical (unpaired) electrons. The van der Waals surface area contributed by atoms with Crippen LogP contribution >= 0.6 is 0 Å². The molecule has 19 heavy (non-hydrogen) atoms. The number of benzene rings is 2. The standard InChI is InChI=1S/C17H22N2/c1-14-6-4-5-7-15(14)12-13-19(3)17-10-8-16(18-2)9-11-17/h4-11,18H,12-13H2,1-3H3. The molecule has 0 heterocycles. The average molecular weight is 254 g/mol.